The Bertz CT molecular complexity index is 458. The van der Waals surface area contributed by atoms with Crippen molar-refractivity contribution < 1.29 is 4.52 Å². The van der Waals surface area contributed by atoms with Crippen LogP contribution in [0.1, 0.15) is 24.5 Å². The third-order valence-corrected chi connectivity index (χ3v) is 3.78. The Morgan fingerprint density at radius 2 is 2.36 bits per heavy atom. The Morgan fingerprint density at radius 1 is 1.50 bits per heavy atom. The van der Waals surface area contributed by atoms with E-state index in [1.54, 1.807) is 17.5 Å². The number of hydrogen-bond donors (Lipinski definition) is 0. The van der Waals surface area contributed by atoms with Crippen LogP contribution >= 0.6 is 22.9 Å². The molecule has 0 N–H and O–H groups in total. The maximum absolute atomic E-state index is 6.07. The van der Waals surface area contributed by atoms with Gasteiger partial charge in [0.1, 0.15) is 5.76 Å². The van der Waals surface area contributed by atoms with Gasteiger partial charge in [-0.1, -0.05) is 16.8 Å². The summed E-state index contributed by atoms with van der Waals surface area (Å²) in [6, 6.07) is 1.91. The average molecular weight is 226 g/mol. The van der Waals surface area contributed by atoms with E-state index in [4.69, 9.17) is 16.1 Å². The summed E-state index contributed by atoms with van der Waals surface area (Å²) in [5.41, 5.74) is 1.08. The van der Waals surface area contributed by atoms with Gasteiger partial charge in [-0.25, -0.2) is 0 Å². The topological polar surface area (TPSA) is 26.0 Å². The van der Waals surface area contributed by atoms with Crippen molar-refractivity contribution in [2.75, 3.05) is 0 Å². The second-order valence-electron chi connectivity index (χ2n) is 3.48. The predicted octanol–water partition coefficient (Wildman–Crippen LogP) is 3.93. The molecule has 0 aromatic carbocycles. The monoisotopic (exact) mass is 225 g/mol. The third-order valence-electron chi connectivity index (χ3n) is 2.41. The van der Waals surface area contributed by atoms with E-state index in [1.165, 1.54) is 12.8 Å². The van der Waals surface area contributed by atoms with Crippen LogP contribution in [0.4, 0.5) is 0 Å². The lowest BCUT2D eigenvalue weighted by Gasteiger charge is -1.96. The van der Waals surface area contributed by atoms with Crippen LogP contribution in [0.15, 0.2) is 22.2 Å². The van der Waals surface area contributed by atoms with Crippen LogP contribution in [0, 0.1) is 0 Å². The molecule has 2 aromatic rings. The molecule has 0 amide bonds. The van der Waals surface area contributed by atoms with Crippen LogP contribution in [-0.2, 0) is 0 Å². The summed E-state index contributed by atoms with van der Waals surface area (Å²) in [7, 11) is 0. The SMILES string of the molecule is Clc1ccsc1-c1cnoc1C1CC1. The van der Waals surface area contributed by atoms with Gasteiger partial charge < -0.3 is 4.52 Å². The molecule has 1 aliphatic rings. The second-order valence-corrected chi connectivity index (χ2v) is 4.80. The molecule has 1 fully saturated rings. The molecule has 1 aliphatic carbocycles. The van der Waals surface area contributed by atoms with E-state index in [9.17, 15) is 0 Å². The van der Waals surface area contributed by atoms with E-state index in [1.807, 2.05) is 11.4 Å². The lowest BCUT2D eigenvalue weighted by Crippen LogP contribution is -1.78. The first-order chi connectivity index (χ1) is 6.86. The van der Waals surface area contributed by atoms with Crippen LogP contribution in [0.5, 0.6) is 0 Å². The summed E-state index contributed by atoms with van der Waals surface area (Å²) in [6.45, 7) is 0. The summed E-state index contributed by atoms with van der Waals surface area (Å²) < 4.78 is 5.27. The smallest absolute Gasteiger partial charge is 0.148 e. The van der Waals surface area contributed by atoms with Crippen LogP contribution in [-0.4, -0.2) is 5.16 Å². The fourth-order valence-electron chi connectivity index (χ4n) is 1.55. The van der Waals surface area contributed by atoms with Crippen molar-refractivity contribution in [1.29, 1.82) is 0 Å². The summed E-state index contributed by atoms with van der Waals surface area (Å²) in [5.74, 6) is 1.58. The molecule has 0 aliphatic heterocycles. The summed E-state index contributed by atoms with van der Waals surface area (Å²) in [5, 5.41) is 6.63. The zero-order valence-corrected chi connectivity index (χ0v) is 8.94. The Labute approximate surface area is 90.5 Å². The number of aromatic nitrogens is 1. The molecule has 0 bridgehead atoms. The highest BCUT2D eigenvalue weighted by Crippen LogP contribution is 2.46. The zero-order chi connectivity index (χ0) is 9.54. The minimum atomic E-state index is 0.575. The standard InChI is InChI=1S/C10H8ClNOS/c11-8-3-4-14-10(8)7-5-12-13-9(7)6-1-2-6/h3-6H,1-2H2. The third kappa shape index (κ3) is 1.28. The quantitative estimate of drug-likeness (QED) is 0.774. The summed E-state index contributed by atoms with van der Waals surface area (Å²) in [6.07, 6.45) is 4.20. The number of rotatable bonds is 2. The first-order valence-corrected chi connectivity index (χ1v) is 5.80. The van der Waals surface area contributed by atoms with Crippen LogP contribution in [0.25, 0.3) is 10.4 Å². The lowest BCUT2D eigenvalue weighted by molar-refractivity contribution is 0.385. The van der Waals surface area contributed by atoms with Gasteiger partial charge in [-0.05, 0) is 24.3 Å². The molecule has 4 heteroatoms. The molecule has 0 spiro atoms. The van der Waals surface area contributed by atoms with Gasteiger partial charge in [0, 0.05) is 5.92 Å². The van der Waals surface area contributed by atoms with Crippen LogP contribution in [0.3, 0.4) is 0 Å². The maximum Gasteiger partial charge on any atom is 0.148 e. The number of halogens is 1. The highest BCUT2D eigenvalue weighted by atomic mass is 35.5. The fraction of sp³-hybridized carbons (Fsp3) is 0.300. The molecule has 0 radical (unpaired) electrons. The minimum Gasteiger partial charge on any atom is -0.360 e. The lowest BCUT2D eigenvalue weighted by atomic mass is 10.1. The number of hydrogen-bond acceptors (Lipinski definition) is 3. The Morgan fingerprint density at radius 3 is 3.00 bits per heavy atom. The Balaban J connectivity index is 2.11. The van der Waals surface area contributed by atoms with Gasteiger partial charge in [-0.15, -0.1) is 11.3 Å². The van der Waals surface area contributed by atoms with E-state index < -0.39 is 0 Å². The van der Waals surface area contributed by atoms with Gasteiger partial charge in [-0.2, -0.15) is 0 Å². The molecule has 14 heavy (non-hydrogen) atoms. The molecule has 1 saturated carbocycles. The van der Waals surface area contributed by atoms with E-state index in [0.29, 0.717) is 5.92 Å². The normalized spacial score (nSPS) is 16.1. The van der Waals surface area contributed by atoms with Gasteiger partial charge in [0.05, 0.1) is 21.7 Å². The van der Waals surface area contributed by atoms with Crippen molar-refractivity contribution in [3.63, 3.8) is 0 Å². The van der Waals surface area contributed by atoms with Crippen molar-refractivity contribution in [2.45, 2.75) is 18.8 Å². The highest BCUT2D eigenvalue weighted by Gasteiger charge is 2.31. The van der Waals surface area contributed by atoms with Crippen LogP contribution in [0.2, 0.25) is 5.02 Å². The molecule has 3 rings (SSSR count). The largest absolute Gasteiger partial charge is 0.360 e. The first-order valence-electron chi connectivity index (χ1n) is 4.54. The van der Waals surface area contributed by atoms with Crippen molar-refractivity contribution >= 4 is 22.9 Å². The van der Waals surface area contributed by atoms with Crippen molar-refractivity contribution in [3.05, 3.63) is 28.4 Å². The number of nitrogens with zero attached hydrogens (tertiary/aromatic N) is 1. The van der Waals surface area contributed by atoms with Gasteiger partial charge in [0.15, 0.2) is 0 Å². The molecule has 72 valence electrons. The average Bonchev–Trinajstić information content (AvgIpc) is 2.75. The second kappa shape index (κ2) is 3.11. The molecule has 2 nitrogen and oxygen atoms in total. The summed E-state index contributed by atoms with van der Waals surface area (Å²) >= 11 is 7.70. The fourth-order valence-corrected chi connectivity index (χ4v) is 2.72. The number of thiophene rings is 1. The minimum absolute atomic E-state index is 0.575. The van der Waals surface area contributed by atoms with E-state index in [0.717, 1.165) is 21.2 Å². The van der Waals surface area contributed by atoms with Gasteiger partial charge in [0.2, 0.25) is 0 Å². The van der Waals surface area contributed by atoms with E-state index in [2.05, 4.69) is 5.16 Å². The molecule has 2 aromatic heterocycles. The predicted molar refractivity (Wildman–Crippen MR) is 56.8 cm³/mol. The van der Waals surface area contributed by atoms with E-state index in [-0.39, 0.29) is 0 Å². The van der Waals surface area contributed by atoms with E-state index >= 15 is 0 Å². The van der Waals surface area contributed by atoms with Gasteiger partial charge in [0.25, 0.3) is 0 Å². The molecule has 0 unspecified atom stereocenters. The first kappa shape index (κ1) is 8.50. The highest BCUT2D eigenvalue weighted by molar-refractivity contribution is 7.14. The van der Waals surface area contributed by atoms with Gasteiger partial charge >= 0.3 is 0 Å². The zero-order valence-electron chi connectivity index (χ0n) is 7.37. The summed E-state index contributed by atoms with van der Waals surface area (Å²) in [4.78, 5) is 1.08. The molecule has 0 atom stereocenters. The molecule has 0 saturated heterocycles. The van der Waals surface area contributed by atoms with Crippen LogP contribution < -0.4 is 0 Å². The maximum atomic E-state index is 6.07. The van der Waals surface area contributed by atoms with Crippen molar-refractivity contribution in [1.82, 2.24) is 5.16 Å². The Kier molecular flexibility index (Phi) is 1.89. The molecular formula is C10H8ClNOS. The van der Waals surface area contributed by atoms with Crippen molar-refractivity contribution in [3.8, 4) is 10.4 Å². The van der Waals surface area contributed by atoms with Gasteiger partial charge in [-0.3, -0.25) is 0 Å². The molecular weight excluding hydrogens is 218 g/mol. The Hall–Kier alpha value is -0.800. The van der Waals surface area contributed by atoms with Crippen molar-refractivity contribution in [2.24, 2.45) is 0 Å². The molecule has 2 heterocycles.